The molecule has 1 aromatic carbocycles. The van der Waals surface area contributed by atoms with Crippen LogP contribution in [0.2, 0.25) is 0 Å². The minimum Gasteiger partial charge on any atom is -0.310 e. The summed E-state index contributed by atoms with van der Waals surface area (Å²) in [4.78, 5) is 0. The zero-order valence-electron chi connectivity index (χ0n) is 8.88. The number of benzene rings is 1. The van der Waals surface area contributed by atoms with Gasteiger partial charge in [0.05, 0.1) is 0 Å². The van der Waals surface area contributed by atoms with Crippen LogP contribution in [0.15, 0.2) is 28.1 Å². The van der Waals surface area contributed by atoms with Crippen molar-refractivity contribution in [2.24, 2.45) is 0 Å². The van der Waals surface area contributed by atoms with Crippen molar-refractivity contribution < 1.29 is 0 Å². The molecule has 0 atom stereocenters. The largest absolute Gasteiger partial charge is 0.310 e. The Morgan fingerprint density at radius 1 is 1.40 bits per heavy atom. The molecule has 0 amide bonds. The standard InChI is InChI=1S/C12H14BrNS/c1-8(2)14-6-9-7-15-12-10(9)4-3-5-11(12)13/h3-5,7-8,14H,6H2,1-2H3. The van der Waals surface area contributed by atoms with Crippen molar-refractivity contribution >= 4 is 37.4 Å². The summed E-state index contributed by atoms with van der Waals surface area (Å²) < 4.78 is 2.54. The van der Waals surface area contributed by atoms with Crippen LogP contribution in [0.4, 0.5) is 0 Å². The number of halogens is 1. The second-order valence-electron chi connectivity index (χ2n) is 3.91. The summed E-state index contributed by atoms with van der Waals surface area (Å²) in [6.07, 6.45) is 0. The van der Waals surface area contributed by atoms with Gasteiger partial charge in [-0.1, -0.05) is 26.0 Å². The molecular weight excluding hydrogens is 270 g/mol. The first-order valence-corrected chi connectivity index (χ1v) is 6.73. The average molecular weight is 284 g/mol. The summed E-state index contributed by atoms with van der Waals surface area (Å²) in [6.45, 7) is 5.29. The van der Waals surface area contributed by atoms with Gasteiger partial charge in [-0.3, -0.25) is 0 Å². The molecule has 2 aromatic rings. The highest BCUT2D eigenvalue weighted by atomic mass is 79.9. The molecule has 1 aromatic heterocycles. The molecule has 3 heteroatoms. The molecular formula is C12H14BrNS. The quantitative estimate of drug-likeness (QED) is 0.892. The van der Waals surface area contributed by atoms with Crippen molar-refractivity contribution in [3.05, 3.63) is 33.6 Å². The Kier molecular flexibility index (Phi) is 3.44. The Labute approximate surface area is 103 Å². The topological polar surface area (TPSA) is 12.0 Å². The van der Waals surface area contributed by atoms with E-state index >= 15 is 0 Å². The van der Waals surface area contributed by atoms with Gasteiger partial charge >= 0.3 is 0 Å². The maximum atomic E-state index is 3.58. The van der Waals surface area contributed by atoms with Gasteiger partial charge in [-0.05, 0) is 38.3 Å². The van der Waals surface area contributed by atoms with Crippen LogP contribution in [0.1, 0.15) is 19.4 Å². The predicted octanol–water partition coefficient (Wildman–Crippen LogP) is 4.16. The molecule has 0 fully saturated rings. The maximum absolute atomic E-state index is 3.58. The smallest absolute Gasteiger partial charge is 0.0488 e. The summed E-state index contributed by atoms with van der Waals surface area (Å²) in [5.41, 5.74) is 1.39. The van der Waals surface area contributed by atoms with Gasteiger partial charge in [-0.25, -0.2) is 0 Å². The van der Waals surface area contributed by atoms with Crippen molar-refractivity contribution in [1.82, 2.24) is 5.32 Å². The molecule has 0 spiro atoms. The minimum absolute atomic E-state index is 0.534. The Bertz CT molecular complexity index is 462. The number of thiophene rings is 1. The van der Waals surface area contributed by atoms with Crippen LogP contribution in [0.25, 0.3) is 10.1 Å². The first-order valence-electron chi connectivity index (χ1n) is 5.06. The molecule has 0 saturated heterocycles. The first kappa shape index (κ1) is 11.1. The third-order valence-electron chi connectivity index (χ3n) is 2.33. The molecule has 0 aliphatic heterocycles. The monoisotopic (exact) mass is 283 g/mol. The Balaban J connectivity index is 2.33. The van der Waals surface area contributed by atoms with Crippen molar-refractivity contribution in [2.45, 2.75) is 26.4 Å². The number of fused-ring (bicyclic) bond motifs is 1. The van der Waals surface area contributed by atoms with Gasteiger partial charge in [-0.15, -0.1) is 11.3 Å². The van der Waals surface area contributed by atoms with Gasteiger partial charge in [0.2, 0.25) is 0 Å². The predicted molar refractivity (Wildman–Crippen MR) is 71.5 cm³/mol. The van der Waals surface area contributed by atoms with E-state index in [0.29, 0.717) is 6.04 Å². The summed E-state index contributed by atoms with van der Waals surface area (Å²) in [5.74, 6) is 0. The summed E-state index contributed by atoms with van der Waals surface area (Å²) >= 11 is 5.39. The highest BCUT2D eigenvalue weighted by molar-refractivity contribution is 9.10. The molecule has 0 unspecified atom stereocenters. The second-order valence-corrected chi connectivity index (χ2v) is 5.65. The second kappa shape index (κ2) is 4.64. The third kappa shape index (κ3) is 2.41. The maximum Gasteiger partial charge on any atom is 0.0488 e. The van der Waals surface area contributed by atoms with Crippen LogP contribution in [0.3, 0.4) is 0 Å². The molecule has 0 aliphatic rings. The molecule has 0 aliphatic carbocycles. The molecule has 15 heavy (non-hydrogen) atoms. The van der Waals surface area contributed by atoms with E-state index in [9.17, 15) is 0 Å². The summed E-state index contributed by atoms with van der Waals surface area (Å²) in [7, 11) is 0. The molecule has 0 bridgehead atoms. The van der Waals surface area contributed by atoms with E-state index in [1.165, 1.54) is 20.1 Å². The van der Waals surface area contributed by atoms with E-state index in [4.69, 9.17) is 0 Å². The molecule has 1 nitrogen and oxygen atoms in total. The average Bonchev–Trinajstić information content (AvgIpc) is 2.59. The lowest BCUT2D eigenvalue weighted by Crippen LogP contribution is -2.21. The van der Waals surface area contributed by atoms with E-state index in [0.717, 1.165) is 6.54 Å². The van der Waals surface area contributed by atoms with Crippen LogP contribution in [0, 0.1) is 0 Å². The van der Waals surface area contributed by atoms with Gasteiger partial charge in [0, 0.05) is 21.8 Å². The third-order valence-corrected chi connectivity index (χ3v) is 4.33. The normalized spacial score (nSPS) is 11.5. The lowest BCUT2D eigenvalue weighted by atomic mass is 10.2. The fraction of sp³-hybridized carbons (Fsp3) is 0.333. The highest BCUT2D eigenvalue weighted by Crippen LogP contribution is 2.32. The zero-order chi connectivity index (χ0) is 10.8. The molecule has 80 valence electrons. The Morgan fingerprint density at radius 2 is 2.20 bits per heavy atom. The van der Waals surface area contributed by atoms with E-state index < -0.39 is 0 Å². The van der Waals surface area contributed by atoms with Crippen molar-refractivity contribution in [3.8, 4) is 0 Å². The van der Waals surface area contributed by atoms with Crippen molar-refractivity contribution in [2.75, 3.05) is 0 Å². The highest BCUT2D eigenvalue weighted by Gasteiger charge is 2.06. The van der Waals surface area contributed by atoms with Gasteiger partial charge in [0.15, 0.2) is 0 Å². The summed E-state index contributed by atoms with van der Waals surface area (Å²) in [6, 6.07) is 6.91. The first-order chi connectivity index (χ1) is 7.18. The molecule has 0 saturated carbocycles. The lowest BCUT2D eigenvalue weighted by Gasteiger charge is -2.06. The molecule has 2 rings (SSSR count). The fourth-order valence-corrected chi connectivity index (χ4v) is 3.15. The van der Waals surface area contributed by atoms with E-state index in [1.54, 1.807) is 11.3 Å². The van der Waals surface area contributed by atoms with Crippen LogP contribution in [-0.2, 0) is 6.54 Å². The lowest BCUT2D eigenvalue weighted by molar-refractivity contribution is 0.591. The molecule has 1 N–H and O–H groups in total. The van der Waals surface area contributed by atoms with Crippen molar-refractivity contribution in [3.63, 3.8) is 0 Å². The van der Waals surface area contributed by atoms with Crippen molar-refractivity contribution in [1.29, 1.82) is 0 Å². The summed E-state index contributed by atoms with van der Waals surface area (Å²) in [5, 5.41) is 7.06. The van der Waals surface area contributed by atoms with Crippen LogP contribution in [0.5, 0.6) is 0 Å². The molecule has 1 heterocycles. The molecule has 0 radical (unpaired) electrons. The van der Waals surface area contributed by atoms with Gasteiger partial charge in [0.25, 0.3) is 0 Å². The number of hydrogen-bond acceptors (Lipinski definition) is 2. The van der Waals surface area contributed by atoms with E-state index in [2.05, 4.69) is 58.7 Å². The van der Waals surface area contributed by atoms with E-state index in [1.807, 2.05) is 0 Å². The SMILES string of the molecule is CC(C)NCc1csc2c(Br)cccc12. The number of hydrogen-bond donors (Lipinski definition) is 1. The van der Waals surface area contributed by atoms with Crippen LogP contribution < -0.4 is 5.32 Å². The fourth-order valence-electron chi connectivity index (χ4n) is 1.53. The Hall–Kier alpha value is -0.380. The van der Waals surface area contributed by atoms with Crippen LogP contribution in [-0.4, -0.2) is 6.04 Å². The zero-order valence-corrected chi connectivity index (χ0v) is 11.3. The number of nitrogens with one attached hydrogen (secondary N) is 1. The van der Waals surface area contributed by atoms with Gasteiger partial charge in [-0.2, -0.15) is 0 Å². The number of rotatable bonds is 3. The van der Waals surface area contributed by atoms with Gasteiger partial charge in [0.1, 0.15) is 0 Å². The Morgan fingerprint density at radius 3 is 2.93 bits per heavy atom. The van der Waals surface area contributed by atoms with Gasteiger partial charge < -0.3 is 5.32 Å². The van der Waals surface area contributed by atoms with E-state index in [-0.39, 0.29) is 0 Å². The van der Waals surface area contributed by atoms with Crippen LogP contribution >= 0.6 is 27.3 Å². The minimum atomic E-state index is 0.534.